The van der Waals surface area contributed by atoms with Crippen molar-refractivity contribution in [2.24, 2.45) is 7.05 Å². The second-order valence-electron chi connectivity index (χ2n) is 5.75. The number of nitrogens with one attached hydrogen (secondary N) is 1. The average Bonchev–Trinajstić information content (AvgIpc) is 2.82. The molecule has 2 heterocycles. The van der Waals surface area contributed by atoms with E-state index in [1.165, 1.54) is 37.3 Å². The number of piperidine rings is 1. The number of imidazole rings is 1. The van der Waals surface area contributed by atoms with Crippen molar-refractivity contribution in [3.8, 4) is 0 Å². The molecule has 1 fully saturated rings. The third-order valence-corrected chi connectivity index (χ3v) is 4.45. The van der Waals surface area contributed by atoms with E-state index in [0.29, 0.717) is 6.04 Å². The van der Waals surface area contributed by atoms with Gasteiger partial charge in [0.15, 0.2) is 0 Å². The van der Waals surface area contributed by atoms with Crippen molar-refractivity contribution in [2.75, 3.05) is 26.7 Å². The molecule has 6 heteroatoms. The number of fused-ring (bicyclic) bond motifs is 1. The third kappa shape index (κ3) is 4.13. The lowest BCUT2D eigenvalue weighted by Gasteiger charge is -2.32. The summed E-state index contributed by atoms with van der Waals surface area (Å²) < 4.78 is 2.23. The van der Waals surface area contributed by atoms with E-state index in [-0.39, 0.29) is 24.8 Å². The second kappa shape index (κ2) is 8.73. The molecule has 1 unspecified atom stereocenters. The van der Waals surface area contributed by atoms with Gasteiger partial charge in [-0.05, 0) is 38.6 Å². The van der Waals surface area contributed by atoms with Crippen LogP contribution in [0.15, 0.2) is 24.3 Å². The molecular weight excluding hydrogens is 319 g/mol. The van der Waals surface area contributed by atoms with Gasteiger partial charge in [-0.15, -0.1) is 24.8 Å². The molecule has 1 N–H and O–H groups in total. The Hall–Kier alpha value is -0.810. The van der Waals surface area contributed by atoms with E-state index in [9.17, 15) is 0 Å². The van der Waals surface area contributed by atoms with E-state index >= 15 is 0 Å². The highest BCUT2D eigenvalue weighted by Crippen LogP contribution is 2.16. The summed E-state index contributed by atoms with van der Waals surface area (Å²) in [7, 11) is 4.19. The number of likely N-dealkylation sites (N-methyl/N-ethyl adjacent to an activating group) is 1. The van der Waals surface area contributed by atoms with E-state index in [1.54, 1.807) is 0 Å². The minimum absolute atomic E-state index is 0. The number of halogens is 2. The van der Waals surface area contributed by atoms with Crippen molar-refractivity contribution in [3.05, 3.63) is 30.1 Å². The first-order valence-corrected chi connectivity index (χ1v) is 7.58. The Morgan fingerprint density at radius 2 is 2.05 bits per heavy atom. The Morgan fingerprint density at radius 3 is 2.77 bits per heavy atom. The molecule has 0 spiro atoms. The molecule has 3 rings (SSSR count). The fourth-order valence-corrected chi connectivity index (χ4v) is 3.17. The predicted molar refractivity (Wildman–Crippen MR) is 97.4 cm³/mol. The summed E-state index contributed by atoms with van der Waals surface area (Å²) in [5.41, 5.74) is 2.34. The van der Waals surface area contributed by atoms with Crippen LogP contribution in [0.1, 0.15) is 18.7 Å². The number of aromatic nitrogens is 2. The van der Waals surface area contributed by atoms with Gasteiger partial charge in [0.1, 0.15) is 5.82 Å². The molecule has 0 radical (unpaired) electrons. The zero-order valence-electron chi connectivity index (χ0n) is 13.3. The molecule has 0 bridgehead atoms. The lowest BCUT2D eigenvalue weighted by Crippen LogP contribution is -2.45. The van der Waals surface area contributed by atoms with Crippen LogP contribution in [0.5, 0.6) is 0 Å². The average molecular weight is 345 g/mol. The van der Waals surface area contributed by atoms with Crippen LogP contribution in [0.25, 0.3) is 11.0 Å². The quantitative estimate of drug-likeness (QED) is 0.925. The fourth-order valence-electron chi connectivity index (χ4n) is 3.17. The standard InChI is InChI=1S/C16H24N4.2ClH/c1-17-13-6-5-10-20(12-13)11-9-16-18-14-7-3-4-8-15(14)19(16)2;;/h3-4,7-8,13,17H,5-6,9-12H2,1-2H3;2*1H. The van der Waals surface area contributed by atoms with E-state index in [1.807, 2.05) is 0 Å². The summed E-state index contributed by atoms with van der Waals surface area (Å²) in [6, 6.07) is 9.03. The molecule has 4 nitrogen and oxygen atoms in total. The molecule has 22 heavy (non-hydrogen) atoms. The van der Waals surface area contributed by atoms with Gasteiger partial charge in [-0.25, -0.2) is 4.98 Å². The lowest BCUT2D eigenvalue weighted by molar-refractivity contribution is 0.196. The molecule has 1 aromatic heterocycles. The van der Waals surface area contributed by atoms with Crippen molar-refractivity contribution >= 4 is 35.8 Å². The maximum absolute atomic E-state index is 4.76. The molecule has 0 aliphatic carbocycles. The zero-order valence-corrected chi connectivity index (χ0v) is 14.9. The summed E-state index contributed by atoms with van der Waals surface area (Å²) >= 11 is 0. The van der Waals surface area contributed by atoms with Gasteiger partial charge >= 0.3 is 0 Å². The van der Waals surface area contributed by atoms with Crippen LogP contribution in [0, 0.1) is 0 Å². The van der Waals surface area contributed by atoms with Crippen molar-refractivity contribution in [1.29, 1.82) is 0 Å². The number of likely N-dealkylation sites (tertiary alicyclic amines) is 1. The number of aryl methyl sites for hydroxylation is 1. The molecule has 1 atom stereocenters. The highest BCUT2D eigenvalue weighted by atomic mass is 35.5. The van der Waals surface area contributed by atoms with Crippen LogP contribution >= 0.6 is 24.8 Å². The predicted octanol–water partition coefficient (Wildman–Crippen LogP) is 2.64. The SMILES string of the molecule is CNC1CCCN(CCc2nc3ccccc3n2C)C1.Cl.Cl. The highest BCUT2D eigenvalue weighted by molar-refractivity contribution is 5.85. The van der Waals surface area contributed by atoms with Crippen molar-refractivity contribution in [2.45, 2.75) is 25.3 Å². The largest absolute Gasteiger partial charge is 0.331 e. The number of nitrogens with zero attached hydrogens (tertiary/aromatic N) is 3. The van der Waals surface area contributed by atoms with Gasteiger partial charge in [-0.1, -0.05) is 12.1 Å². The molecule has 0 saturated carbocycles. The van der Waals surface area contributed by atoms with Gasteiger partial charge in [0.25, 0.3) is 0 Å². The molecule has 0 amide bonds. The van der Waals surface area contributed by atoms with Gasteiger partial charge in [0.2, 0.25) is 0 Å². The van der Waals surface area contributed by atoms with Gasteiger partial charge in [-0.3, -0.25) is 0 Å². The van der Waals surface area contributed by atoms with Crippen molar-refractivity contribution < 1.29 is 0 Å². The minimum atomic E-state index is 0. The molecule has 1 aliphatic rings. The summed E-state index contributed by atoms with van der Waals surface area (Å²) in [5, 5.41) is 3.40. The molecular formula is C16H26Cl2N4. The number of rotatable bonds is 4. The monoisotopic (exact) mass is 344 g/mol. The van der Waals surface area contributed by atoms with E-state index in [4.69, 9.17) is 4.98 Å². The fraction of sp³-hybridized carbons (Fsp3) is 0.562. The first kappa shape index (κ1) is 19.2. The molecule has 1 aliphatic heterocycles. The minimum Gasteiger partial charge on any atom is -0.331 e. The van der Waals surface area contributed by atoms with Crippen molar-refractivity contribution in [1.82, 2.24) is 19.8 Å². The second-order valence-corrected chi connectivity index (χ2v) is 5.75. The maximum Gasteiger partial charge on any atom is 0.110 e. The summed E-state index contributed by atoms with van der Waals surface area (Å²) in [4.78, 5) is 7.32. The van der Waals surface area contributed by atoms with Crippen LogP contribution in [0.4, 0.5) is 0 Å². The maximum atomic E-state index is 4.76. The van der Waals surface area contributed by atoms with Crippen molar-refractivity contribution in [3.63, 3.8) is 0 Å². The molecule has 1 saturated heterocycles. The smallest absolute Gasteiger partial charge is 0.110 e. The van der Waals surface area contributed by atoms with Gasteiger partial charge < -0.3 is 14.8 Å². The van der Waals surface area contributed by atoms with E-state index in [0.717, 1.165) is 18.5 Å². The molecule has 124 valence electrons. The van der Waals surface area contributed by atoms with Crippen LogP contribution in [0.2, 0.25) is 0 Å². The molecule has 2 aromatic rings. The normalized spacial score (nSPS) is 18.7. The van der Waals surface area contributed by atoms with Crippen LogP contribution < -0.4 is 5.32 Å². The van der Waals surface area contributed by atoms with Crippen LogP contribution in [0.3, 0.4) is 0 Å². The number of para-hydroxylation sites is 2. The summed E-state index contributed by atoms with van der Waals surface area (Å²) in [6.07, 6.45) is 3.63. The zero-order chi connectivity index (χ0) is 13.9. The topological polar surface area (TPSA) is 33.1 Å². The van der Waals surface area contributed by atoms with Crippen LogP contribution in [-0.4, -0.2) is 47.2 Å². The first-order chi connectivity index (χ1) is 9.78. The number of hydrogen-bond donors (Lipinski definition) is 1. The Kier molecular flexibility index (Phi) is 7.63. The van der Waals surface area contributed by atoms with Gasteiger partial charge in [0.05, 0.1) is 11.0 Å². The lowest BCUT2D eigenvalue weighted by atomic mass is 10.1. The summed E-state index contributed by atoms with van der Waals surface area (Å²) in [6.45, 7) is 3.50. The van der Waals surface area contributed by atoms with E-state index < -0.39 is 0 Å². The number of hydrogen-bond acceptors (Lipinski definition) is 3. The highest BCUT2D eigenvalue weighted by Gasteiger charge is 2.18. The third-order valence-electron chi connectivity index (χ3n) is 4.45. The first-order valence-electron chi connectivity index (χ1n) is 7.58. The Morgan fingerprint density at radius 1 is 1.27 bits per heavy atom. The van der Waals surface area contributed by atoms with Gasteiger partial charge in [0, 0.05) is 32.6 Å². The Labute approximate surface area is 145 Å². The number of benzene rings is 1. The Bertz CT molecular complexity index is 585. The Balaban J connectivity index is 0.00000121. The van der Waals surface area contributed by atoms with E-state index in [2.05, 4.69) is 53.1 Å². The van der Waals surface area contributed by atoms with Gasteiger partial charge in [-0.2, -0.15) is 0 Å². The summed E-state index contributed by atoms with van der Waals surface area (Å²) in [5.74, 6) is 1.19. The molecule has 1 aromatic carbocycles. The van der Waals surface area contributed by atoms with Crippen LogP contribution in [-0.2, 0) is 13.5 Å².